The average Bonchev–Trinajstić information content (AvgIpc) is 2.83. The summed E-state index contributed by atoms with van der Waals surface area (Å²) in [4.78, 5) is 13.3. The van der Waals surface area contributed by atoms with Crippen LogP contribution in [0.15, 0.2) is 0 Å². The molecule has 0 radical (unpaired) electrons. The second kappa shape index (κ2) is 6.28. The first-order chi connectivity index (χ1) is 10.5. The number of rotatable bonds is 2. The summed E-state index contributed by atoms with van der Waals surface area (Å²) in [6.45, 7) is 18.4. The SMILES string of the molecule is CCC(C)C1CC2(C(=O)O1)C(C)C(C)CSCC(C)(C)C2(C)C. The molecule has 2 nitrogen and oxygen atoms in total. The molecule has 0 aromatic rings. The summed E-state index contributed by atoms with van der Waals surface area (Å²) in [7, 11) is 0. The number of carbonyl (C=O) groups excluding carboxylic acids is 1. The summed E-state index contributed by atoms with van der Waals surface area (Å²) in [5, 5.41) is 0. The highest BCUT2D eigenvalue weighted by atomic mass is 32.2. The molecule has 2 aliphatic heterocycles. The van der Waals surface area contributed by atoms with Crippen molar-refractivity contribution in [3.8, 4) is 0 Å². The number of hydrogen-bond acceptors (Lipinski definition) is 3. The summed E-state index contributed by atoms with van der Waals surface area (Å²) >= 11 is 2.05. The molecule has 0 aromatic heterocycles. The lowest BCUT2D eigenvalue weighted by molar-refractivity contribution is -0.166. The van der Waals surface area contributed by atoms with Gasteiger partial charge >= 0.3 is 5.97 Å². The van der Waals surface area contributed by atoms with E-state index in [-0.39, 0.29) is 28.3 Å². The van der Waals surface area contributed by atoms with Gasteiger partial charge < -0.3 is 4.74 Å². The van der Waals surface area contributed by atoms with Gasteiger partial charge in [0.05, 0.1) is 5.41 Å². The zero-order valence-corrected chi connectivity index (χ0v) is 17.2. The molecule has 23 heavy (non-hydrogen) atoms. The van der Waals surface area contributed by atoms with Crippen molar-refractivity contribution in [2.45, 2.75) is 74.3 Å². The first kappa shape index (κ1) is 19.1. The van der Waals surface area contributed by atoms with E-state index in [9.17, 15) is 4.79 Å². The third kappa shape index (κ3) is 2.75. The predicted molar refractivity (Wildman–Crippen MR) is 99.6 cm³/mol. The van der Waals surface area contributed by atoms with E-state index in [1.165, 1.54) is 0 Å². The van der Waals surface area contributed by atoms with Gasteiger partial charge in [0.2, 0.25) is 0 Å². The van der Waals surface area contributed by atoms with Gasteiger partial charge in [-0.1, -0.05) is 61.8 Å². The molecule has 134 valence electrons. The molecular weight excluding hydrogens is 304 g/mol. The fraction of sp³-hybridized carbons (Fsp3) is 0.950. The van der Waals surface area contributed by atoms with Gasteiger partial charge in [-0.15, -0.1) is 0 Å². The third-order valence-electron chi connectivity index (χ3n) is 7.71. The van der Waals surface area contributed by atoms with E-state index in [1.54, 1.807) is 0 Å². The molecule has 2 rings (SSSR count). The van der Waals surface area contributed by atoms with Crippen LogP contribution in [0.5, 0.6) is 0 Å². The molecule has 5 atom stereocenters. The van der Waals surface area contributed by atoms with Gasteiger partial charge in [-0.2, -0.15) is 11.8 Å². The van der Waals surface area contributed by atoms with Crippen molar-refractivity contribution in [3.05, 3.63) is 0 Å². The molecule has 0 aromatic carbocycles. The molecular formula is C20H36O2S. The summed E-state index contributed by atoms with van der Waals surface area (Å²) in [5.41, 5.74) is -0.333. The average molecular weight is 341 g/mol. The monoisotopic (exact) mass is 340 g/mol. The number of esters is 1. The fourth-order valence-electron chi connectivity index (χ4n) is 4.63. The Labute approximate surface area is 147 Å². The van der Waals surface area contributed by atoms with Gasteiger partial charge in [-0.05, 0) is 40.1 Å². The van der Waals surface area contributed by atoms with Gasteiger partial charge in [0.1, 0.15) is 6.10 Å². The largest absolute Gasteiger partial charge is 0.462 e. The minimum atomic E-state index is -0.356. The summed E-state index contributed by atoms with van der Waals surface area (Å²) in [6.07, 6.45) is 2.05. The Morgan fingerprint density at radius 1 is 1.26 bits per heavy atom. The number of carbonyl (C=O) groups is 1. The molecule has 3 heteroatoms. The van der Waals surface area contributed by atoms with Crippen molar-refractivity contribution in [3.63, 3.8) is 0 Å². The van der Waals surface area contributed by atoms with Crippen LogP contribution < -0.4 is 0 Å². The molecule has 2 heterocycles. The van der Waals surface area contributed by atoms with Crippen LogP contribution in [-0.4, -0.2) is 23.6 Å². The van der Waals surface area contributed by atoms with Crippen molar-refractivity contribution in [2.75, 3.05) is 11.5 Å². The van der Waals surface area contributed by atoms with E-state index < -0.39 is 0 Å². The fourth-order valence-corrected chi connectivity index (χ4v) is 6.28. The maximum absolute atomic E-state index is 13.3. The molecule has 2 fully saturated rings. The van der Waals surface area contributed by atoms with E-state index in [1.807, 2.05) is 0 Å². The van der Waals surface area contributed by atoms with Crippen LogP contribution in [0.2, 0.25) is 0 Å². The van der Waals surface area contributed by atoms with E-state index >= 15 is 0 Å². The second-order valence-corrected chi connectivity index (χ2v) is 10.3. The first-order valence-corrected chi connectivity index (χ1v) is 10.5. The summed E-state index contributed by atoms with van der Waals surface area (Å²) in [6, 6.07) is 0. The highest BCUT2D eigenvalue weighted by Crippen LogP contribution is 2.64. The number of ether oxygens (including phenoxy) is 1. The van der Waals surface area contributed by atoms with Crippen molar-refractivity contribution >= 4 is 17.7 Å². The Balaban J connectivity index is 2.54. The highest BCUT2D eigenvalue weighted by molar-refractivity contribution is 7.99. The van der Waals surface area contributed by atoms with Crippen LogP contribution in [0, 0.1) is 34.0 Å². The zero-order chi connectivity index (χ0) is 17.6. The predicted octanol–water partition coefficient (Wildman–Crippen LogP) is 5.41. The molecule has 2 saturated heterocycles. The lowest BCUT2D eigenvalue weighted by Crippen LogP contribution is -2.57. The number of thioether (sulfide) groups is 1. The third-order valence-corrected chi connectivity index (χ3v) is 9.39. The van der Waals surface area contributed by atoms with Crippen LogP contribution >= 0.6 is 11.8 Å². The molecule has 1 spiro atoms. The molecule has 0 amide bonds. The lowest BCUT2D eigenvalue weighted by Gasteiger charge is -2.56. The van der Waals surface area contributed by atoms with E-state index in [0.29, 0.717) is 17.8 Å². The normalized spacial score (nSPS) is 41.2. The standard InChI is InChI=1S/C20H36O2S/c1-9-13(2)16-10-20(17(21)22-16)15(4)14(3)11-23-12-18(5,6)19(20,7)8/h13-16H,9-12H2,1-8H3. The van der Waals surface area contributed by atoms with Crippen molar-refractivity contribution < 1.29 is 9.53 Å². The van der Waals surface area contributed by atoms with Crippen LogP contribution in [0.25, 0.3) is 0 Å². The van der Waals surface area contributed by atoms with Crippen molar-refractivity contribution in [1.29, 1.82) is 0 Å². The molecule has 5 unspecified atom stereocenters. The number of hydrogen-bond donors (Lipinski definition) is 0. The van der Waals surface area contributed by atoms with Gasteiger partial charge in [0, 0.05) is 6.42 Å². The lowest BCUT2D eigenvalue weighted by atomic mass is 9.47. The Morgan fingerprint density at radius 3 is 2.43 bits per heavy atom. The smallest absolute Gasteiger partial charge is 0.313 e. The summed E-state index contributed by atoms with van der Waals surface area (Å²) < 4.78 is 6.01. The first-order valence-electron chi connectivity index (χ1n) is 9.30. The minimum absolute atomic E-state index is 0.0760. The Kier molecular flexibility index (Phi) is 5.23. The van der Waals surface area contributed by atoms with Gasteiger partial charge in [0.15, 0.2) is 0 Å². The highest BCUT2D eigenvalue weighted by Gasteiger charge is 2.66. The van der Waals surface area contributed by atoms with E-state index in [2.05, 4.69) is 67.2 Å². The van der Waals surface area contributed by atoms with Crippen molar-refractivity contribution in [2.24, 2.45) is 34.0 Å². The molecule has 0 aliphatic carbocycles. The maximum Gasteiger partial charge on any atom is 0.313 e. The van der Waals surface area contributed by atoms with Gasteiger partial charge in [0.25, 0.3) is 0 Å². The van der Waals surface area contributed by atoms with Crippen LogP contribution in [0.4, 0.5) is 0 Å². The quantitative estimate of drug-likeness (QED) is 0.629. The number of cyclic esters (lactones) is 1. The Hall–Kier alpha value is -0.180. The Bertz CT molecular complexity index is 457. The van der Waals surface area contributed by atoms with Crippen LogP contribution in [0.1, 0.15) is 68.2 Å². The van der Waals surface area contributed by atoms with E-state index in [0.717, 1.165) is 24.3 Å². The van der Waals surface area contributed by atoms with Crippen LogP contribution in [0.3, 0.4) is 0 Å². The summed E-state index contributed by atoms with van der Waals surface area (Å²) in [5.74, 6) is 3.67. The Morgan fingerprint density at radius 2 is 1.87 bits per heavy atom. The molecule has 2 aliphatic rings. The molecule has 0 saturated carbocycles. The van der Waals surface area contributed by atoms with Gasteiger partial charge in [-0.3, -0.25) is 4.79 Å². The second-order valence-electron chi connectivity index (χ2n) is 9.29. The molecule has 0 N–H and O–H groups in total. The van der Waals surface area contributed by atoms with Gasteiger partial charge in [-0.25, -0.2) is 0 Å². The maximum atomic E-state index is 13.3. The van der Waals surface area contributed by atoms with Crippen molar-refractivity contribution in [1.82, 2.24) is 0 Å². The van der Waals surface area contributed by atoms with E-state index in [4.69, 9.17) is 4.74 Å². The zero-order valence-electron chi connectivity index (χ0n) is 16.4. The topological polar surface area (TPSA) is 26.3 Å². The van der Waals surface area contributed by atoms with Crippen LogP contribution in [-0.2, 0) is 9.53 Å². The minimum Gasteiger partial charge on any atom is -0.462 e. The molecule has 0 bridgehead atoms.